The molecule has 0 aliphatic rings. The summed E-state index contributed by atoms with van der Waals surface area (Å²) in [6, 6.07) is 9.60. The average Bonchev–Trinajstić information content (AvgIpc) is 2.88. The molecule has 2 N–H and O–H groups in total. The maximum absolute atomic E-state index is 12.0. The molecule has 1 aromatic carbocycles. The van der Waals surface area contributed by atoms with Gasteiger partial charge in [-0.25, -0.2) is 0 Å². The lowest BCUT2D eigenvalue weighted by Gasteiger charge is -2.28. The normalized spacial score (nSPS) is 14.4. The first kappa shape index (κ1) is 15.3. The highest BCUT2D eigenvalue weighted by molar-refractivity contribution is 5.92. The molecule has 2 rings (SSSR count). The summed E-state index contributed by atoms with van der Waals surface area (Å²) in [4.78, 5) is 12.0. The quantitative estimate of drug-likeness (QED) is 0.802. The number of furan rings is 1. The summed E-state index contributed by atoms with van der Waals surface area (Å²) < 4.78 is 5.62. The van der Waals surface area contributed by atoms with Crippen LogP contribution in [0.2, 0.25) is 0 Å². The highest BCUT2D eigenvalue weighted by Gasteiger charge is 2.22. The predicted molar refractivity (Wildman–Crippen MR) is 83.8 cm³/mol. The van der Waals surface area contributed by atoms with Crippen molar-refractivity contribution in [3.05, 3.63) is 42.2 Å². The van der Waals surface area contributed by atoms with Crippen LogP contribution in [0.1, 0.15) is 32.4 Å². The minimum atomic E-state index is -0.385. The Morgan fingerprint density at radius 2 is 2.19 bits per heavy atom. The highest BCUT2D eigenvalue weighted by atomic mass is 16.3. The molecule has 0 bridgehead atoms. The van der Waals surface area contributed by atoms with Gasteiger partial charge in [-0.05, 0) is 38.0 Å². The van der Waals surface area contributed by atoms with Crippen LogP contribution >= 0.6 is 0 Å². The van der Waals surface area contributed by atoms with E-state index in [9.17, 15) is 4.79 Å². The zero-order chi connectivity index (χ0) is 15.3. The first-order valence-corrected chi connectivity index (χ1v) is 7.16. The molecule has 21 heavy (non-hydrogen) atoms. The van der Waals surface area contributed by atoms with Gasteiger partial charge in [-0.15, -0.1) is 0 Å². The molecule has 4 heteroatoms. The Labute approximate surface area is 124 Å². The van der Waals surface area contributed by atoms with E-state index in [0.29, 0.717) is 12.2 Å². The molecule has 0 spiro atoms. The summed E-state index contributed by atoms with van der Waals surface area (Å²) in [6.07, 6.45) is 4.42. The lowest BCUT2D eigenvalue weighted by molar-refractivity contribution is -0.118. The number of para-hydroxylation sites is 1. The van der Waals surface area contributed by atoms with E-state index in [2.05, 4.69) is 5.32 Å². The zero-order valence-corrected chi connectivity index (χ0v) is 12.4. The monoisotopic (exact) mass is 287 g/mol. The number of aliphatic hydroxyl groups is 1. The third-order valence-corrected chi connectivity index (χ3v) is 3.71. The van der Waals surface area contributed by atoms with Crippen molar-refractivity contribution in [3.8, 4) is 0 Å². The van der Waals surface area contributed by atoms with Crippen LogP contribution in [-0.4, -0.2) is 23.2 Å². The molecule has 1 heterocycles. The number of carbonyl (C=O) groups is 1. The zero-order valence-electron chi connectivity index (χ0n) is 12.4. The standard InChI is InChI=1S/C17H21NO3/c1-3-17(2,10-11-19)18-16(20)9-8-14-12-13-6-4-5-7-15(13)21-14/h4-9,12,19H,3,10-11H2,1-2H3,(H,18,20)/b9-8+. The summed E-state index contributed by atoms with van der Waals surface area (Å²) in [5.74, 6) is 0.458. The Kier molecular flexibility index (Phi) is 4.81. The molecule has 0 aliphatic carbocycles. The van der Waals surface area contributed by atoms with Crippen LogP contribution in [0.5, 0.6) is 0 Å². The van der Waals surface area contributed by atoms with Gasteiger partial charge < -0.3 is 14.8 Å². The fourth-order valence-corrected chi connectivity index (χ4v) is 2.16. The van der Waals surface area contributed by atoms with Crippen molar-refractivity contribution in [3.63, 3.8) is 0 Å². The molecule has 2 aromatic rings. The topological polar surface area (TPSA) is 62.5 Å². The average molecular weight is 287 g/mol. The van der Waals surface area contributed by atoms with Crippen LogP contribution in [0.25, 0.3) is 17.0 Å². The molecule has 1 atom stereocenters. The van der Waals surface area contributed by atoms with Gasteiger partial charge in [-0.3, -0.25) is 4.79 Å². The van der Waals surface area contributed by atoms with Crippen LogP contribution < -0.4 is 5.32 Å². The molecular weight excluding hydrogens is 266 g/mol. The predicted octanol–water partition coefficient (Wildman–Crippen LogP) is 3.11. The van der Waals surface area contributed by atoms with Crippen molar-refractivity contribution in [2.75, 3.05) is 6.61 Å². The second-order valence-corrected chi connectivity index (χ2v) is 5.40. The van der Waals surface area contributed by atoms with E-state index in [0.717, 1.165) is 17.4 Å². The molecule has 0 radical (unpaired) electrons. The van der Waals surface area contributed by atoms with Gasteiger partial charge in [0.15, 0.2) is 0 Å². The van der Waals surface area contributed by atoms with Crippen LogP contribution in [0.3, 0.4) is 0 Å². The second kappa shape index (κ2) is 6.59. The fraction of sp³-hybridized carbons (Fsp3) is 0.353. The number of hydrogen-bond acceptors (Lipinski definition) is 3. The molecule has 1 unspecified atom stereocenters. The van der Waals surface area contributed by atoms with Crippen LogP contribution in [0.15, 0.2) is 40.8 Å². The van der Waals surface area contributed by atoms with Gasteiger partial charge in [0.25, 0.3) is 0 Å². The third-order valence-electron chi connectivity index (χ3n) is 3.71. The Morgan fingerprint density at radius 1 is 1.43 bits per heavy atom. The molecule has 4 nitrogen and oxygen atoms in total. The highest BCUT2D eigenvalue weighted by Crippen LogP contribution is 2.19. The molecule has 0 fully saturated rings. The van der Waals surface area contributed by atoms with Crippen LogP contribution in [-0.2, 0) is 4.79 Å². The van der Waals surface area contributed by atoms with E-state index in [1.807, 2.05) is 44.2 Å². The van der Waals surface area contributed by atoms with E-state index in [4.69, 9.17) is 9.52 Å². The van der Waals surface area contributed by atoms with Gasteiger partial charge in [0.2, 0.25) is 5.91 Å². The largest absolute Gasteiger partial charge is 0.457 e. The minimum Gasteiger partial charge on any atom is -0.457 e. The Bertz CT molecular complexity index is 611. The first-order chi connectivity index (χ1) is 10.1. The lowest BCUT2D eigenvalue weighted by atomic mass is 9.95. The molecule has 1 amide bonds. The minimum absolute atomic E-state index is 0.0535. The smallest absolute Gasteiger partial charge is 0.244 e. The maximum atomic E-state index is 12.0. The number of fused-ring (bicyclic) bond motifs is 1. The van der Waals surface area contributed by atoms with Crippen molar-refractivity contribution >= 4 is 23.0 Å². The molecule has 1 aromatic heterocycles. The number of aliphatic hydroxyl groups excluding tert-OH is 1. The Hall–Kier alpha value is -2.07. The van der Waals surface area contributed by atoms with Crippen molar-refractivity contribution < 1.29 is 14.3 Å². The number of carbonyl (C=O) groups excluding carboxylic acids is 1. The SMILES string of the molecule is CCC(C)(CCO)NC(=O)/C=C/c1cc2ccccc2o1. The van der Waals surface area contributed by atoms with E-state index >= 15 is 0 Å². The summed E-state index contributed by atoms with van der Waals surface area (Å²) in [5.41, 5.74) is 0.417. The summed E-state index contributed by atoms with van der Waals surface area (Å²) >= 11 is 0. The van der Waals surface area contributed by atoms with E-state index in [1.54, 1.807) is 6.08 Å². The number of benzene rings is 1. The van der Waals surface area contributed by atoms with E-state index in [1.165, 1.54) is 6.08 Å². The Balaban J connectivity index is 2.04. The number of amides is 1. The lowest BCUT2D eigenvalue weighted by Crippen LogP contribution is -2.45. The van der Waals surface area contributed by atoms with Gasteiger partial charge in [-0.2, -0.15) is 0 Å². The van der Waals surface area contributed by atoms with Gasteiger partial charge in [0.1, 0.15) is 11.3 Å². The van der Waals surface area contributed by atoms with Crippen LogP contribution in [0, 0.1) is 0 Å². The summed E-state index contributed by atoms with van der Waals surface area (Å²) in [7, 11) is 0. The number of hydrogen-bond donors (Lipinski definition) is 2. The number of nitrogens with one attached hydrogen (secondary N) is 1. The second-order valence-electron chi connectivity index (χ2n) is 5.40. The van der Waals surface area contributed by atoms with Gasteiger partial charge >= 0.3 is 0 Å². The Morgan fingerprint density at radius 3 is 2.86 bits per heavy atom. The summed E-state index contributed by atoms with van der Waals surface area (Å²) in [6.45, 7) is 3.97. The third kappa shape index (κ3) is 3.95. The van der Waals surface area contributed by atoms with Crippen molar-refractivity contribution in [1.29, 1.82) is 0 Å². The molecule has 0 saturated carbocycles. The van der Waals surface area contributed by atoms with E-state index < -0.39 is 0 Å². The fourth-order valence-electron chi connectivity index (χ4n) is 2.16. The number of rotatable bonds is 6. The first-order valence-electron chi connectivity index (χ1n) is 7.16. The van der Waals surface area contributed by atoms with Gasteiger partial charge in [-0.1, -0.05) is 25.1 Å². The molecular formula is C17H21NO3. The van der Waals surface area contributed by atoms with E-state index in [-0.39, 0.29) is 18.1 Å². The van der Waals surface area contributed by atoms with Crippen molar-refractivity contribution in [2.24, 2.45) is 0 Å². The maximum Gasteiger partial charge on any atom is 0.244 e. The van der Waals surface area contributed by atoms with Crippen molar-refractivity contribution in [1.82, 2.24) is 5.32 Å². The van der Waals surface area contributed by atoms with Gasteiger partial charge in [0.05, 0.1) is 0 Å². The molecule has 0 saturated heterocycles. The molecule has 112 valence electrons. The van der Waals surface area contributed by atoms with Crippen molar-refractivity contribution in [2.45, 2.75) is 32.2 Å². The van der Waals surface area contributed by atoms with Gasteiger partial charge in [0, 0.05) is 23.6 Å². The summed E-state index contributed by atoms with van der Waals surface area (Å²) in [5, 5.41) is 13.0. The van der Waals surface area contributed by atoms with Crippen LogP contribution in [0.4, 0.5) is 0 Å². The molecule has 0 aliphatic heterocycles.